The predicted octanol–water partition coefficient (Wildman–Crippen LogP) is 1.38. The van der Waals surface area contributed by atoms with Gasteiger partial charge in [-0.2, -0.15) is 0 Å². The molecule has 4 heteroatoms. The molecule has 0 radical (unpaired) electrons. The summed E-state index contributed by atoms with van der Waals surface area (Å²) >= 11 is 0. The van der Waals surface area contributed by atoms with Crippen molar-refractivity contribution in [3.8, 4) is 0 Å². The third-order valence-electron chi connectivity index (χ3n) is 3.48. The average Bonchev–Trinajstić information content (AvgIpc) is 2.68. The van der Waals surface area contributed by atoms with Crippen molar-refractivity contribution in [1.82, 2.24) is 5.32 Å². The third-order valence-corrected chi connectivity index (χ3v) is 3.48. The molecular formula is C15H16N2O2. The van der Waals surface area contributed by atoms with Gasteiger partial charge < -0.3 is 15.3 Å². The second-order valence-corrected chi connectivity index (χ2v) is 4.81. The number of anilines is 1. The van der Waals surface area contributed by atoms with E-state index in [1.54, 1.807) is 11.9 Å². The van der Waals surface area contributed by atoms with Crippen molar-refractivity contribution < 1.29 is 9.90 Å². The van der Waals surface area contributed by atoms with Gasteiger partial charge >= 0.3 is 0 Å². The first kappa shape index (κ1) is 12.1. The summed E-state index contributed by atoms with van der Waals surface area (Å²) < 4.78 is 0. The maximum Gasteiger partial charge on any atom is 0.259 e. The van der Waals surface area contributed by atoms with Gasteiger partial charge in [-0.15, -0.1) is 0 Å². The maximum atomic E-state index is 12.4. The number of aliphatic hydroxyl groups is 1. The van der Waals surface area contributed by atoms with Crippen LogP contribution in [0, 0.1) is 0 Å². The lowest BCUT2D eigenvalue weighted by Crippen LogP contribution is -2.39. The van der Waals surface area contributed by atoms with E-state index in [4.69, 9.17) is 0 Å². The number of β-amino-alcohol motifs (C(OH)–C–C–N with tert-alkyl or cyclic N) is 1. The first-order valence-electron chi connectivity index (χ1n) is 6.38. The van der Waals surface area contributed by atoms with Crippen LogP contribution in [0.15, 0.2) is 36.4 Å². The van der Waals surface area contributed by atoms with Gasteiger partial charge in [0.25, 0.3) is 5.91 Å². The molecule has 1 atom stereocenters. The molecule has 2 aromatic carbocycles. The van der Waals surface area contributed by atoms with Gasteiger partial charge in [0.05, 0.1) is 18.3 Å². The number of nitrogens with one attached hydrogen (secondary N) is 1. The average molecular weight is 256 g/mol. The molecule has 0 saturated heterocycles. The fraction of sp³-hybridized carbons (Fsp3) is 0.267. The van der Waals surface area contributed by atoms with E-state index in [2.05, 4.69) is 5.32 Å². The van der Waals surface area contributed by atoms with Gasteiger partial charge in [-0.05, 0) is 24.6 Å². The highest BCUT2D eigenvalue weighted by Crippen LogP contribution is 2.36. The SMILES string of the molecule is CNCC(O)CN1C(=O)c2cccc3cccc1c23. The summed E-state index contributed by atoms with van der Waals surface area (Å²) in [6.45, 7) is 0.781. The van der Waals surface area contributed by atoms with Crippen LogP contribution in [0.2, 0.25) is 0 Å². The zero-order valence-corrected chi connectivity index (χ0v) is 10.8. The number of hydrogen-bond donors (Lipinski definition) is 2. The first-order chi connectivity index (χ1) is 9.22. The lowest BCUT2D eigenvalue weighted by molar-refractivity contribution is 0.0969. The number of rotatable bonds is 4. The highest BCUT2D eigenvalue weighted by atomic mass is 16.3. The molecule has 1 aliphatic heterocycles. The molecule has 1 heterocycles. The number of carbonyl (C=O) groups is 1. The second kappa shape index (κ2) is 4.64. The number of hydrogen-bond acceptors (Lipinski definition) is 3. The van der Waals surface area contributed by atoms with Crippen LogP contribution in [0.25, 0.3) is 10.8 Å². The van der Waals surface area contributed by atoms with Crippen molar-refractivity contribution in [1.29, 1.82) is 0 Å². The van der Waals surface area contributed by atoms with Crippen LogP contribution >= 0.6 is 0 Å². The summed E-state index contributed by atoms with van der Waals surface area (Å²) in [5, 5.41) is 14.9. The van der Waals surface area contributed by atoms with Crippen molar-refractivity contribution in [2.75, 3.05) is 25.0 Å². The zero-order valence-electron chi connectivity index (χ0n) is 10.8. The van der Waals surface area contributed by atoms with Gasteiger partial charge in [0, 0.05) is 17.5 Å². The monoisotopic (exact) mass is 256 g/mol. The van der Waals surface area contributed by atoms with Gasteiger partial charge in [-0.1, -0.05) is 24.3 Å². The summed E-state index contributed by atoms with van der Waals surface area (Å²) in [5.41, 5.74) is 1.62. The van der Waals surface area contributed by atoms with Crippen LogP contribution in [-0.4, -0.2) is 37.3 Å². The van der Waals surface area contributed by atoms with Crippen LogP contribution in [-0.2, 0) is 0 Å². The van der Waals surface area contributed by atoms with Gasteiger partial charge in [0.1, 0.15) is 0 Å². The Bertz CT molecular complexity index is 634. The smallest absolute Gasteiger partial charge is 0.259 e. The summed E-state index contributed by atoms with van der Waals surface area (Å²) in [5.74, 6) is -0.0260. The van der Waals surface area contributed by atoms with Gasteiger partial charge in [0.15, 0.2) is 0 Å². The minimum absolute atomic E-state index is 0.0260. The van der Waals surface area contributed by atoms with Crippen molar-refractivity contribution in [2.45, 2.75) is 6.10 Å². The molecule has 1 aliphatic rings. The Balaban J connectivity index is 2.03. The van der Waals surface area contributed by atoms with Crippen molar-refractivity contribution in [3.05, 3.63) is 42.0 Å². The van der Waals surface area contributed by atoms with Gasteiger partial charge in [-0.3, -0.25) is 4.79 Å². The molecule has 98 valence electrons. The number of carbonyl (C=O) groups excluding carboxylic acids is 1. The molecule has 2 aromatic rings. The maximum absolute atomic E-state index is 12.4. The Kier molecular flexibility index (Phi) is 2.97. The Hall–Kier alpha value is -1.91. The molecule has 0 aliphatic carbocycles. The van der Waals surface area contributed by atoms with E-state index < -0.39 is 6.10 Å². The summed E-state index contributed by atoms with van der Waals surface area (Å²) in [4.78, 5) is 14.1. The van der Waals surface area contributed by atoms with E-state index >= 15 is 0 Å². The van der Waals surface area contributed by atoms with Gasteiger partial charge in [0.2, 0.25) is 0 Å². The standard InChI is InChI=1S/C15H16N2O2/c1-16-8-11(18)9-17-13-7-3-5-10-4-2-6-12(14(10)13)15(17)19/h2-7,11,16,18H,8-9H2,1H3. The topological polar surface area (TPSA) is 52.6 Å². The van der Waals surface area contributed by atoms with Crippen LogP contribution in [0.5, 0.6) is 0 Å². The predicted molar refractivity (Wildman–Crippen MR) is 75.6 cm³/mol. The fourth-order valence-corrected chi connectivity index (χ4v) is 2.67. The molecule has 1 unspecified atom stereocenters. The Labute approximate surface area is 111 Å². The molecule has 0 aromatic heterocycles. The quantitative estimate of drug-likeness (QED) is 0.869. The molecule has 4 nitrogen and oxygen atoms in total. The van der Waals surface area contributed by atoms with E-state index in [-0.39, 0.29) is 5.91 Å². The van der Waals surface area contributed by atoms with E-state index in [9.17, 15) is 9.90 Å². The molecular weight excluding hydrogens is 240 g/mol. The Morgan fingerprint density at radius 2 is 2.00 bits per heavy atom. The summed E-state index contributed by atoms with van der Waals surface area (Å²) in [6.07, 6.45) is -0.571. The molecule has 0 fully saturated rings. The van der Waals surface area contributed by atoms with Crippen LogP contribution in [0.3, 0.4) is 0 Å². The molecule has 3 rings (SSSR count). The van der Waals surface area contributed by atoms with Crippen LogP contribution in [0.4, 0.5) is 5.69 Å². The zero-order chi connectivity index (χ0) is 13.4. The Morgan fingerprint density at radius 1 is 1.26 bits per heavy atom. The van der Waals surface area contributed by atoms with Crippen molar-refractivity contribution in [2.24, 2.45) is 0 Å². The Morgan fingerprint density at radius 3 is 2.74 bits per heavy atom. The fourth-order valence-electron chi connectivity index (χ4n) is 2.67. The number of benzene rings is 2. The second-order valence-electron chi connectivity index (χ2n) is 4.81. The number of nitrogens with zero attached hydrogens (tertiary/aromatic N) is 1. The van der Waals surface area contributed by atoms with Crippen molar-refractivity contribution >= 4 is 22.4 Å². The normalized spacial score (nSPS) is 15.3. The first-order valence-corrected chi connectivity index (χ1v) is 6.38. The summed E-state index contributed by atoms with van der Waals surface area (Å²) in [7, 11) is 1.78. The largest absolute Gasteiger partial charge is 0.390 e. The lowest BCUT2D eigenvalue weighted by atomic mass is 10.1. The molecule has 1 amide bonds. The van der Waals surface area contributed by atoms with E-state index in [1.165, 1.54) is 0 Å². The van der Waals surface area contributed by atoms with E-state index in [0.29, 0.717) is 13.1 Å². The minimum Gasteiger partial charge on any atom is -0.390 e. The van der Waals surface area contributed by atoms with Crippen LogP contribution in [0.1, 0.15) is 10.4 Å². The van der Waals surface area contributed by atoms with E-state index in [0.717, 1.165) is 22.0 Å². The third kappa shape index (κ3) is 1.89. The number of likely N-dealkylation sites (N-methyl/N-ethyl adjacent to an activating group) is 1. The number of amides is 1. The highest BCUT2D eigenvalue weighted by molar-refractivity contribution is 6.25. The van der Waals surface area contributed by atoms with Crippen molar-refractivity contribution in [3.63, 3.8) is 0 Å². The minimum atomic E-state index is -0.571. The van der Waals surface area contributed by atoms with Crippen LogP contribution < -0.4 is 10.2 Å². The molecule has 2 N–H and O–H groups in total. The summed E-state index contributed by atoms with van der Waals surface area (Å²) in [6, 6.07) is 11.6. The molecule has 0 saturated carbocycles. The number of aliphatic hydroxyl groups excluding tert-OH is 1. The molecule has 0 spiro atoms. The highest BCUT2D eigenvalue weighted by Gasteiger charge is 2.30. The van der Waals surface area contributed by atoms with E-state index in [1.807, 2.05) is 36.4 Å². The van der Waals surface area contributed by atoms with Gasteiger partial charge in [-0.25, -0.2) is 0 Å². The lowest BCUT2D eigenvalue weighted by Gasteiger charge is -2.21. The molecule has 0 bridgehead atoms. The molecule has 19 heavy (non-hydrogen) atoms.